The van der Waals surface area contributed by atoms with E-state index in [1.165, 1.54) is 5.56 Å². The van der Waals surface area contributed by atoms with Crippen LogP contribution in [-0.2, 0) is 11.2 Å². The average molecular weight is 414 g/mol. The molecule has 2 atom stereocenters. The summed E-state index contributed by atoms with van der Waals surface area (Å²) in [4.78, 5) is 24.6. The summed E-state index contributed by atoms with van der Waals surface area (Å²) in [6.45, 7) is 5.47. The van der Waals surface area contributed by atoms with Gasteiger partial charge in [0.1, 0.15) is 11.6 Å². The Morgan fingerprint density at radius 1 is 1.13 bits per heavy atom. The van der Waals surface area contributed by atoms with E-state index in [2.05, 4.69) is 36.2 Å². The third-order valence-corrected chi connectivity index (χ3v) is 6.31. The van der Waals surface area contributed by atoms with Gasteiger partial charge in [-0.15, -0.1) is 0 Å². The molecule has 2 aromatic carbocycles. The first-order valence-corrected chi connectivity index (χ1v) is 11.0. The molecule has 0 radical (unpaired) electrons. The number of piperidine rings is 1. The van der Waals surface area contributed by atoms with Crippen molar-refractivity contribution in [3.63, 3.8) is 0 Å². The Kier molecular flexibility index (Phi) is 5.18. The summed E-state index contributed by atoms with van der Waals surface area (Å²) >= 11 is 0. The maximum Gasteiger partial charge on any atom is 0.264 e. The van der Waals surface area contributed by atoms with Gasteiger partial charge in [0, 0.05) is 37.2 Å². The van der Waals surface area contributed by atoms with E-state index in [0.29, 0.717) is 13.0 Å². The summed E-state index contributed by atoms with van der Waals surface area (Å²) in [5, 5.41) is 0. The molecular weight excluding hydrogens is 386 g/mol. The largest absolute Gasteiger partial charge is 0.480 e. The lowest BCUT2D eigenvalue weighted by Crippen LogP contribution is -2.46. The number of ether oxygens (including phenoxy) is 1. The third-order valence-electron chi connectivity index (χ3n) is 6.31. The van der Waals surface area contributed by atoms with Gasteiger partial charge in [0.05, 0.1) is 5.69 Å². The summed E-state index contributed by atoms with van der Waals surface area (Å²) in [5.41, 5.74) is 5.57. The quantitative estimate of drug-likeness (QED) is 0.636. The lowest BCUT2D eigenvalue weighted by atomic mass is 9.89. The Morgan fingerprint density at radius 2 is 2.00 bits per heavy atom. The molecule has 2 aliphatic rings. The van der Waals surface area contributed by atoms with Crippen LogP contribution in [0.4, 0.5) is 0 Å². The highest BCUT2D eigenvalue weighted by Crippen LogP contribution is 2.35. The second-order valence-electron chi connectivity index (χ2n) is 8.63. The first kappa shape index (κ1) is 19.7. The summed E-state index contributed by atoms with van der Waals surface area (Å²) in [5.74, 6) is 1.88. The smallest absolute Gasteiger partial charge is 0.264 e. The molecule has 0 N–H and O–H groups in total. The van der Waals surface area contributed by atoms with Crippen LogP contribution in [0.5, 0.6) is 5.75 Å². The van der Waals surface area contributed by atoms with Crippen molar-refractivity contribution >= 4 is 5.91 Å². The minimum Gasteiger partial charge on any atom is -0.480 e. The molecule has 1 fully saturated rings. The van der Waals surface area contributed by atoms with Gasteiger partial charge in [-0.2, -0.15) is 0 Å². The van der Waals surface area contributed by atoms with Gasteiger partial charge in [-0.25, -0.2) is 9.97 Å². The Bertz CT molecular complexity index is 1100. The van der Waals surface area contributed by atoms with E-state index in [-0.39, 0.29) is 11.8 Å². The molecule has 3 heterocycles. The number of hydrogen-bond acceptors (Lipinski definition) is 4. The zero-order chi connectivity index (χ0) is 21.4. The second kappa shape index (κ2) is 8.14. The fourth-order valence-corrected chi connectivity index (χ4v) is 4.76. The molecule has 3 aromatic rings. The van der Waals surface area contributed by atoms with Crippen LogP contribution in [0.25, 0.3) is 11.1 Å². The number of nitrogens with zero attached hydrogens (tertiary/aromatic N) is 3. The molecule has 5 heteroatoms. The molecule has 2 aliphatic heterocycles. The molecule has 1 saturated heterocycles. The Balaban J connectivity index is 1.39. The van der Waals surface area contributed by atoms with E-state index >= 15 is 0 Å². The predicted molar refractivity (Wildman–Crippen MR) is 120 cm³/mol. The van der Waals surface area contributed by atoms with E-state index in [1.807, 2.05) is 42.3 Å². The third kappa shape index (κ3) is 3.92. The lowest BCUT2D eigenvalue weighted by Gasteiger charge is -2.34. The Hall–Kier alpha value is -3.21. The van der Waals surface area contributed by atoms with Gasteiger partial charge in [-0.3, -0.25) is 4.79 Å². The van der Waals surface area contributed by atoms with Crippen LogP contribution in [0.1, 0.15) is 41.4 Å². The van der Waals surface area contributed by atoms with E-state index in [9.17, 15) is 4.79 Å². The van der Waals surface area contributed by atoms with Crippen LogP contribution in [0.3, 0.4) is 0 Å². The molecule has 1 amide bonds. The summed E-state index contributed by atoms with van der Waals surface area (Å²) < 4.78 is 5.97. The molecule has 0 spiro atoms. The standard InChI is InChI=1S/C26H27N3O2/c1-17-7-5-9-19(13-17)22-15-27-18(2)28-25(22)21-10-6-12-29(16-21)26(30)24-14-20-8-3-4-11-23(20)31-24/h3-5,7-9,11,13,15,21,24H,6,10,12,14,16H2,1-2H3/t21-,24+/m1/s1. The highest BCUT2D eigenvalue weighted by atomic mass is 16.5. The van der Waals surface area contributed by atoms with Gasteiger partial charge in [0.15, 0.2) is 6.10 Å². The fraction of sp³-hybridized carbons (Fsp3) is 0.346. The minimum atomic E-state index is -0.417. The number of fused-ring (bicyclic) bond motifs is 1. The topological polar surface area (TPSA) is 55.3 Å². The maximum absolute atomic E-state index is 13.3. The number of carbonyl (C=O) groups is 1. The van der Waals surface area contributed by atoms with Crippen LogP contribution >= 0.6 is 0 Å². The van der Waals surface area contributed by atoms with Crippen molar-refractivity contribution in [1.29, 1.82) is 0 Å². The zero-order valence-corrected chi connectivity index (χ0v) is 18.0. The van der Waals surface area contributed by atoms with E-state index in [4.69, 9.17) is 9.72 Å². The molecule has 0 unspecified atom stereocenters. The predicted octanol–water partition coefficient (Wildman–Crippen LogP) is 4.47. The summed E-state index contributed by atoms with van der Waals surface area (Å²) in [7, 11) is 0. The number of hydrogen-bond donors (Lipinski definition) is 0. The summed E-state index contributed by atoms with van der Waals surface area (Å²) in [6, 6.07) is 16.4. The number of aryl methyl sites for hydroxylation is 2. The van der Waals surface area contributed by atoms with Gasteiger partial charge in [0.2, 0.25) is 0 Å². The molecule has 0 saturated carbocycles. The molecule has 158 valence electrons. The molecule has 5 nitrogen and oxygen atoms in total. The van der Waals surface area contributed by atoms with Crippen molar-refractivity contribution in [2.24, 2.45) is 0 Å². The minimum absolute atomic E-state index is 0.0868. The SMILES string of the molecule is Cc1cccc(-c2cnc(C)nc2[C@@H]2CCCN(C(=O)[C@@H]3Cc4ccccc4O3)C2)c1. The van der Waals surface area contributed by atoms with E-state index in [0.717, 1.165) is 53.3 Å². The van der Waals surface area contributed by atoms with Crippen LogP contribution in [0, 0.1) is 13.8 Å². The average Bonchev–Trinajstić information content (AvgIpc) is 3.23. The molecular formula is C26H27N3O2. The van der Waals surface area contributed by atoms with Gasteiger partial charge < -0.3 is 9.64 Å². The van der Waals surface area contributed by atoms with Crippen LogP contribution in [0.2, 0.25) is 0 Å². The Labute approximate surface area is 183 Å². The zero-order valence-electron chi connectivity index (χ0n) is 18.0. The normalized spacial score (nSPS) is 20.3. The van der Waals surface area contributed by atoms with Gasteiger partial charge in [0.25, 0.3) is 5.91 Å². The van der Waals surface area contributed by atoms with Gasteiger partial charge in [-0.05, 0) is 43.9 Å². The lowest BCUT2D eigenvalue weighted by molar-refractivity contribution is -0.139. The van der Waals surface area contributed by atoms with Crippen molar-refractivity contribution in [1.82, 2.24) is 14.9 Å². The highest BCUT2D eigenvalue weighted by Gasteiger charge is 2.35. The second-order valence-corrected chi connectivity index (χ2v) is 8.63. The monoisotopic (exact) mass is 413 g/mol. The van der Waals surface area contributed by atoms with Gasteiger partial charge >= 0.3 is 0 Å². The Morgan fingerprint density at radius 3 is 2.84 bits per heavy atom. The van der Waals surface area contributed by atoms with Crippen molar-refractivity contribution in [3.05, 3.63) is 77.4 Å². The number of amides is 1. The molecule has 1 aromatic heterocycles. The molecule has 5 rings (SSSR count). The van der Waals surface area contributed by atoms with Crippen molar-refractivity contribution in [2.75, 3.05) is 13.1 Å². The number of carbonyl (C=O) groups excluding carboxylic acids is 1. The first-order chi connectivity index (χ1) is 15.1. The van der Waals surface area contributed by atoms with E-state index in [1.54, 1.807) is 0 Å². The maximum atomic E-state index is 13.3. The van der Waals surface area contributed by atoms with E-state index < -0.39 is 6.10 Å². The molecule has 0 bridgehead atoms. The van der Waals surface area contributed by atoms with Crippen LogP contribution in [0.15, 0.2) is 54.7 Å². The first-order valence-electron chi connectivity index (χ1n) is 11.0. The van der Waals surface area contributed by atoms with Crippen LogP contribution < -0.4 is 4.74 Å². The van der Waals surface area contributed by atoms with Crippen LogP contribution in [-0.4, -0.2) is 40.0 Å². The number of rotatable bonds is 3. The molecule has 31 heavy (non-hydrogen) atoms. The fourth-order valence-electron chi connectivity index (χ4n) is 4.76. The molecule has 0 aliphatic carbocycles. The van der Waals surface area contributed by atoms with Crippen molar-refractivity contribution < 1.29 is 9.53 Å². The van der Waals surface area contributed by atoms with Crippen molar-refractivity contribution in [2.45, 2.75) is 45.1 Å². The van der Waals surface area contributed by atoms with Gasteiger partial charge in [-0.1, -0.05) is 48.0 Å². The number of aromatic nitrogens is 2. The number of likely N-dealkylation sites (tertiary alicyclic amines) is 1. The summed E-state index contributed by atoms with van der Waals surface area (Å²) in [6.07, 6.45) is 4.15. The number of para-hydroxylation sites is 1. The van der Waals surface area contributed by atoms with Crippen molar-refractivity contribution in [3.8, 4) is 16.9 Å². The number of benzene rings is 2. The highest BCUT2D eigenvalue weighted by molar-refractivity contribution is 5.83.